The summed E-state index contributed by atoms with van der Waals surface area (Å²) in [7, 11) is 0. The van der Waals surface area contributed by atoms with Gasteiger partial charge in [0.2, 0.25) is 0 Å². The van der Waals surface area contributed by atoms with E-state index in [4.69, 9.17) is 17.2 Å². The summed E-state index contributed by atoms with van der Waals surface area (Å²) >= 11 is 0. The SMILES string of the molecule is NC1N(c2ccccc2)C(N)N(c2cccc(F)c2F)C(N)N1c1ccccc1. The second-order valence-electron chi connectivity index (χ2n) is 6.71. The van der Waals surface area contributed by atoms with E-state index < -0.39 is 30.5 Å². The quantitative estimate of drug-likeness (QED) is 0.631. The maximum Gasteiger partial charge on any atom is 0.182 e. The van der Waals surface area contributed by atoms with Gasteiger partial charge in [-0.05, 0) is 36.4 Å². The number of hydrogen-bond donors (Lipinski definition) is 3. The minimum absolute atomic E-state index is 0.0428. The second kappa shape index (κ2) is 7.67. The van der Waals surface area contributed by atoms with Crippen molar-refractivity contribution in [2.45, 2.75) is 18.9 Å². The van der Waals surface area contributed by atoms with Gasteiger partial charge in [0, 0.05) is 11.4 Å². The smallest absolute Gasteiger partial charge is 0.182 e. The van der Waals surface area contributed by atoms with E-state index >= 15 is 0 Å². The third-order valence-electron chi connectivity index (χ3n) is 5.03. The highest BCUT2D eigenvalue weighted by molar-refractivity contribution is 5.62. The van der Waals surface area contributed by atoms with Crippen molar-refractivity contribution in [1.82, 2.24) is 0 Å². The van der Waals surface area contributed by atoms with E-state index in [2.05, 4.69) is 0 Å². The summed E-state index contributed by atoms with van der Waals surface area (Å²) in [5.74, 6) is -2.00. The number of benzene rings is 3. The van der Waals surface area contributed by atoms with Crippen LogP contribution in [0.2, 0.25) is 0 Å². The van der Waals surface area contributed by atoms with E-state index in [1.165, 1.54) is 17.0 Å². The Labute approximate surface area is 167 Å². The summed E-state index contributed by atoms with van der Waals surface area (Å²) in [6, 6.07) is 22.4. The molecule has 1 heterocycles. The van der Waals surface area contributed by atoms with Crippen molar-refractivity contribution in [2.75, 3.05) is 14.7 Å². The van der Waals surface area contributed by atoms with Gasteiger partial charge in [0.25, 0.3) is 0 Å². The van der Waals surface area contributed by atoms with Crippen LogP contribution in [0.25, 0.3) is 0 Å². The lowest BCUT2D eigenvalue weighted by molar-refractivity contribution is 0.349. The average Bonchev–Trinajstić information content (AvgIpc) is 2.73. The molecule has 2 atom stereocenters. The Morgan fingerprint density at radius 1 is 0.552 bits per heavy atom. The summed E-state index contributed by atoms with van der Waals surface area (Å²) in [4.78, 5) is 4.84. The summed E-state index contributed by atoms with van der Waals surface area (Å²) in [5, 5.41) is 0. The minimum atomic E-state index is -1.02. The van der Waals surface area contributed by atoms with Crippen LogP contribution in [0, 0.1) is 11.6 Å². The molecule has 0 amide bonds. The van der Waals surface area contributed by atoms with E-state index in [-0.39, 0.29) is 5.69 Å². The molecule has 1 fully saturated rings. The molecule has 3 aromatic rings. The fourth-order valence-electron chi connectivity index (χ4n) is 3.66. The Morgan fingerprint density at radius 3 is 1.48 bits per heavy atom. The predicted molar refractivity (Wildman–Crippen MR) is 111 cm³/mol. The van der Waals surface area contributed by atoms with Crippen molar-refractivity contribution in [2.24, 2.45) is 17.2 Å². The first-order chi connectivity index (χ1) is 14.0. The van der Waals surface area contributed by atoms with Gasteiger partial charge >= 0.3 is 0 Å². The van der Waals surface area contributed by atoms with Gasteiger partial charge in [-0.2, -0.15) is 0 Å². The Morgan fingerprint density at radius 2 is 1.00 bits per heavy atom. The summed E-state index contributed by atoms with van der Waals surface area (Å²) in [6.07, 6.45) is -2.60. The van der Waals surface area contributed by atoms with Gasteiger partial charge in [0.1, 0.15) is 0 Å². The van der Waals surface area contributed by atoms with Gasteiger partial charge in [-0.3, -0.25) is 17.2 Å². The number of hydrogen-bond acceptors (Lipinski definition) is 6. The molecule has 1 aliphatic heterocycles. The molecule has 3 aromatic carbocycles. The minimum Gasteiger partial charge on any atom is -0.305 e. The van der Waals surface area contributed by atoms with E-state index in [9.17, 15) is 8.78 Å². The number of para-hydroxylation sites is 2. The molecular formula is C21H22F2N6. The lowest BCUT2D eigenvalue weighted by atomic mass is 10.2. The first-order valence-electron chi connectivity index (χ1n) is 9.16. The topological polar surface area (TPSA) is 87.8 Å². The molecule has 1 saturated heterocycles. The predicted octanol–water partition coefficient (Wildman–Crippen LogP) is 2.52. The van der Waals surface area contributed by atoms with Crippen molar-refractivity contribution in [3.05, 3.63) is 90.5 Å². The highest BCUT2D eigenvalue weighted by Crippen LogP contribution is 2.34. The molecule has 6 nitrogen and oxygen atoms in total. The molecule has 6 N–H and O–H groups in total. The van der Waals surface area contributed by atoms with E-state index in [1.54, 1.807) is 9.80 Å². The van der Waals surface area contributed by atoms with Gasteiger partial charge in [-0.15, -0.1) is 0 Å². The first kappa shape index (κ1) is 19.1. The molecule has 1 aliphatic rings. The van der Waals surface area contributed by atoms with Crippen molar-refractivity contribution < 1.29 is 8.78 Å². The molecule has 0 spiro atoms. The van der Waals surface area contributed by atoms with Crippen LogP contribution in [0.5, 0.6) is 0 Å². The number of nitrogens with two attached hydrogens (primary N) is 3. The Kier molecular flexibility index (Phi) is 5.06. The van der Waals surface area contributed by atoms with Crippen LogP contribution in [0.3, 0.4) is 0 Å². The highest BCUT2D eigenvalue weighted by Gasteiger charge is 2.43. The fourth-order valence-corrected chi connectivity index (χ4v) is 3.66. The zero-order valence-electron chi connectivity index (χ0n) is 15.6. The van der Waals surface area contributed by atoms with Crippen molar-refractivity contribution in [3.8, 4) is 0 Å². The van der Waals surface area contributed by atoms with Crippen molar-refractivity contribution >= 4 is 17.1 Å². The van der Waals surface area contributed by atoms with Gasteiger partial charge in [0.15, 0.2) is 30.5 Å². The van der Waals surface area contributed by atoms with Crippen LogP contribution >= 0.6 is 0 Å². The zero-order valence-corrected chi connectivity index (χ0v) is 15.6. The average molecular weight is 396 g/mol. The van der Waals surface area contributed by atoms with Crippen LogP contribution in [-0.4, -0.2) is 18.9 Å². The van der Waals surface area contributed by atoms with E-state index in [0.717, 1.165) is 17.4 Å². The largest absolute Gasteiger partial charge is 0.305 e. The Bertz CT molecular complexity index is 918. The molecule has 0 bridgehead atoms. The van der Waals surface area contributed by atoms with Gasteiger partial charge in [0.05, 0.1) is 5.69 Å². The van der Waals surface area contributed by atoms with Crippen LogP contribution < -0.4 is 31.9 Å². The maximum atomic E-state index is 14.7. The fraction of sp³-hybridized carbons (Fsp3) is 0.143. The van der Waals surface area contributed by atoms with Crippen LogP contribution in [0.4, 0.5) is 25.8 Å². The second-order valence-corrected chi connectivity index (χ2v) is 6.71. The molecule has 0 saturated carbocycles. The Hall–Kier alpha value is -3.20. The molecule has 8 heteroatoms. The molecule has 2 unspecified atom stereocenters. The van der Waals surface area contributed by atoms with Gasteiger partial charge < -0.3 is 14.7 Å². The molecular weight excluding hydrogens is 374 g/mol. The molecule has 0 radical (unpaired) electrons. The zero-order chi connectivity index (χ0) is 20.5. The number of halogens is 2. The molecule has 0 aliphatic carbocycles. The van der Waals surface area contributed by atoms with E-state index in [1.807, 2.05) is 60.7 Å². The molecule has 4 rings (SSSR count). The van der Waals surface area contributed by atoms with Gasteiger partial charge in [-0.25, -0.2) is 8.78 Å². The maximum absolute atomic E-state index is 14.7. The number of anilines is 3. The molecule has 0 aromatic heterocycles. The molecule has 150 valence electrons. The summed E-state index contributed by atoms with van der Waals surface area (Å²) in [5.41, 5.74) is 21.0. The lowest BCUT2D eigenvalue weighted by Crippen LogP contribution is -2.79. The monoisotopic (exact) mass is 396 g/mol. The summed E-state index contributed by atoms with van der Waals surface area (Å²) < 4.78 is 28.7. The molecule has 29 heavy (non-hydrogen) atoms. The third kappa shape index (κ3) is 3.27. The summed E-state index contributed by atoms with van der Waals surface area (Å²) in [6.45, 7) is 0. The lowest BCUT2D eigenvalue weighted by Gasteiger charge is -2.56. The van der Waals surface area contributed by atoms with Crippen molar-refractivity contribution in [1.29, 1.82) is 0 Å². The Balaban J connectivity index is 1.87. The third-order valence-corrected chi connectivity index (χ3v) is 5.03. The number of nitrogens with zero attached hydrogens (tertiary/aromatic N) is 3. The normalized spacial score (nSPS) is 22.1. The standard InChI is InChI=1S/C21H22F2N6/c22-16-12-7-13-17(18(16)23)29-20(25)27(14-8-3-1-4-9-14)19(24)28(21(29)26)15-10-5-2-6-11-15/h1-13,19-21H,24-26H2. The van der Waals surface area contributed by atoms with Crippen LogP contribution in [0.1, 0.15) is 0 Å². The highest BCUT2D eigenvalue weighted by atomic mass is 19.2. The number of rotatable bonds is 3. The van der Waals surface area contributed by atoms with Crippen LogP contribution in [0.15, 0.2) is 78.9 Å². The van der Waals surface area contributed by atoms with Crippen molar-refractivity contribution in [3.63, 3.8) is 0 Å². The van der Waals surface area contributed by atoms with E-state index in [0.29, 0.717) is 0 Å². The van der Waals surface area contributed by atoms with Gasteiger partial charge in [-0.1, -0.05) is 42.5 Å². The van der Waals surface area contributed by atoms with Crippen LogP contribution in [-0.2, 0) is 0 Å². The first-order valence-corrected chi connectivity index (χ1v) is 9.16.